The first-order chi connectivity index (χ1) is 16.1. The Morgan fingerprint density at radius 2 is 1.67 bits per heavy atom. The molecular weight excluding hydrogens is 419 g/mol. The average molecular weight is 447 g/mol. The lowest BCUT2D eigenvalue weighted by molar-refractivity contribution is -0.132. The molecule has 5 nitrogen and oxygen atoms in total. The van der Waals surface area contributed by atoms with Crippen LogP contribution < -0.4 is 10.1 Å². The molecule has 0 saturated heterocycles. The van der Waals surface area contributed by atoms with E-state index >= 15 is 0 Å². The quantitative estimate of drug-likeness (QED) is 0.519. The molecule has 0 spiro atoms. The fourth-order valence-corrected chi connectivity index (χ4v) is 3.93. The van der Waals surface area contributed by atoms with E-state index in [0.29, 0.717) is 37.2 Å². The van der Waals surface area contributed by atoms with Gasteiger partial charge in [-0.2, -0.15) is 0 Å². The van der Waals surface area contributed by atoms with Crippen molar-refractivity contribution in [1.29, 1.82) is 0 Å². The zero-order valence-corrected chi connectivity index (χ0v) is 18.4. The lowest BCUT2D eigenvalue weighted by Gasteiger charge is -2.29. The van der Waals surface area contributed by atoms with Crippen molar-refractivity contribution < 1.29 is 18.7 Å². The number of hydrogen-bond donors (Lipinski definition) is 1. The van der Waals surface area contributed by atoms with Crippen LogP contribution in [0.4, 0.5) is 4.39 Å². The maximum absolute atomic E-state index is 13.1. The third-order valence-electron chi connectivity index (χ3n) is 5.78. The first kappa shape index (κ1) is 22.5. The maximum Gasteiger partial charge on any atom is 0.255 e. The average Bonchev–Trinajstić information content (AvgIpc) is 2.86. The van der Waals surface area contributed by atoms with Crippen LogP contribution in [-0.2, 0) is 24.4 Å². The Morgan fingerprint density at radius 1 is 0.939 bits per heavy atom. The number of para-hydroxylation sites is 1. The molecule has 3 aromatic rings. The second-order valence-electron chi connectivity index (χ2n) is 8.10. The van der Waals surface area contributed by atoms with Gasteiger partial charge in [0.15, 0.2) is 0 Å². The predicted octanol–water partition coefficient (Wildman–Crippen LogP) is 4.50. The molecule has 33 heavy (non-hydrogen) atoms. The molecule has 1 aliphatic heterocycles. The Balaban J connectivity index is 1.24. The first-order valence-electron chi connectivity index (χ1n) is 11.2. The third-order valence-corrected chi connectivity index (χ3v) is 5.78. The van der Waals surface area contributed by atoms with Crippen molar-refractivity contribution in [3.63, 3.8) is 0 Å². The van der Waals surface area contributed by atoms with Gasteiger partial charge in [-0.15, -0.1) is 0 Å². The van der Waals surface area contributed by atoms with E-state index in [1.165, 1.54) is 23.3 Å². The minimum Gasteiger partial charge on any atom is -0.488 e. The van der Waals surface area contributed by atoms with E-state index in [1.54, 1.807) is 36.4 Å². The number of ether oxygens (including phenoxy) is 1. The monoisotopic (exact) mass is 446 g/mol. The number of carbonyl (C=O) groups is 2. The largest absolute Gasteiger partial charge is 0.488 e. The van der Waals surface area contributed by atoms with E-state index in [9.17, 15) is 14.0 Å². The smallest absolute Gasteiger partial charge is 0.255 e. The highest BCUT2D eigenvalue weighted by molar-refractivity contribution is 5.96. The van der Waals surface area contributed by atoms with Crippen molar-refractivity contribution in [2.75, 3.05) is 13.1 Å². The number of rotatable bonds is 8. The molecule has 2 amide bonds. The second kappa shape index (κ2) is 10.8. The van der Waals surface area contributed by atoms with Gasteiger partial charge in [-0.1, -0.05) is 48.5 Å². The molecule has 1 aliphatic rings. The number of nitrogens with zero attached hydrogens (tertiary/aromatic N) is 1. The highest BCUT2D eigenvalue weighted by atomic mass is 19.1. The maximum atomic E-state index is 13.1. The summed E-state index contributed by atoms with van der Waals surface area (Å²) < 4.78 is 18.9. The van der Waals surface area contributed by atoms with Crippen molar-refractivity contribution in [3.8, 4) is 5.75 Å². The van der Waals surface area contributed by atoms with Crippen molar-refractivity contribution in [1.82, 2.24) is 10.2 Å². The highest BCUT2D eigenvalue weighted by Gasteiger charge is 2.20. The summed E-state index contributed by atoms with van der Waals surface area (Å²) >= 11 is 0. The summed E-state index contributed by atoms with van der Waals surface area (Å²) in [6.07, 6.45) is 1.85. The Kier molecular flexibility index (Phi) is 7.35. The molecule has 0 bridgehead atoms. The second-order valence-corrected chi connectivity index (χ2v) is 8.10. The number of benzene rings is 3. The molecule has 3 aromatic carbocycles. The van der Waals surface area contributed by atoms with Crippen LogP contribution in [0.2, 0.25) is 0 Å². The van der Waals surface area contributed by atoms with Gasteiger partial charge in [-0.25, -0.2) is 4.39 Å². The molecule has 6 heteroatoms. The van der Waals surface area contributed by atoms with Gasteiger partial charge in [0, 0.05) is 26.1 Å². The molecule has 0 aliphatic carbocycles. The molecule has 0 fully saturated rings. The number of hydrogen-bond acceptors (Lipinski definition) is 3. The van der Waals surface area contributed by atoms with Gasteiger partial charge in [0.05, 0.1) is 5.56 Å². The lowest BCUT2D eigenvalue weighted by atomic mass is 9.99. The minimum atomic E-state index is -0.304. The minimum absolute atomic E-state index is 0.113. The van der Waals surface area contributed by atoms with Gasteiger partial charge in [0.25, 0.3) is 5.91 Å². The molecule has 0 saturated carbocycles. The number of fused-ring (bicyclic) bond motifs is 1. The Hall–Kier alpha value is -3.67. The summed E-state index contributed by atoms with van der Waals surface area (Å²) in [6.45, 7) is 2.03. The van der Waals surface area contributed by atoms with Crippen molar-refractivity contribution in [3.05, 3.63) is 101 Å². The van der Waals surface area contributed by atoms with E-state index in [0.717, 1.165) is 18.5 Å². The van der Waals surface area contributed by atoms with Crippen LogP contribution >= 0.6 is 0 Å². The molecule has 0 unspecified atom stereocenters. The van der Waals surface area contributed by atoms with Crippen LogP contribution in [0.25, 0.3) is 0 Å². The number of halogens is 1. The number of carbonyl (C=O) groups excluding carboxylic acids is 2. The van der Waals surface area contributed by atoms with E-state index in [4.69, 9.17) is 4.74 Å². The summed E-state index contributed by atoms with van der Waals surface area (Å²) in [7, 11) is 0. The Bertz CT molecular complexity index is 1110. The van der Waals surface area contributed by atoms with Gasteiger partial charge in [0.2, 0.25) is 5.91 Å². The molecule has 170 valence electrons. The number of nitrogens with one attached hydrogen (secondary N) is 1. The predicted molar refractivity (Wildman–Crippen MR) is 124 cm³/mol. The zero-order chi connectivity index (χ0) is 23.0. The van der Waals surface area contributed by atoms with Crippen LogP contribution in [0.5, 0.6) is 5.75 Å². The van der Waals surface area contributed by atoms with Crippen LogP contribution in [0.15, 0.2) is 72.8 Å². The van der Waals surface area contributed by atoms with Gasteiger partial charge >= 0.3 is 0 Å². The first-order valence-corrected chi connectivity index (χ1v) is 11.2. The van der Waals surface area contributed by atoms with Crippen molar-refractivity contribution >= 4 is 11.8 Å². The normalized spacial score (nSPS) is 12.7. The zero-order valence-electron chi connectivity index (χ0n) is 18.4. The third kappa shape index (κ3) is 5.98. The summed E-state index contributed by atoms with van der Waals surface area (Å²) in [5.74, 6) is 0.0235. The fraction of sp³-hybridized carbons (Fsp3) is 0.259. The van der Waals surface area contributed by atoms with Gasteiger partial charge in [-0.05, 0) is 53.8 Å². The standard InChI is InChI=1S/C27H27FN2O3/c28-23-13-11-20(12-14-23)19-33-25-9-4-3-8-24(25)27(32)29-16-5-10-26(31)30-17-15-21-6-1-2-7-22(21)18-30/h1-4,6-9,11-14H,5,10,15-19H2,(H,29,32). The SMILES string of the molecule is O=C(NCCCC(=O)N1CCc2ccccc2C1)c1ccccc1OCc1ccc(F)cc1. The van der Waals surface area contributed by atoms with Gasteiger partial charge < -0.3 is 15.0 Å². The van der Waals surface area contributed by atoms with Gasteiger partial charge in [0.1, 0.15) is 18.2 Å². The summed E-state index contributed by atoms with van der Waals surface area (Å²) in [6, 6.07) is 21.3. The van der Waals surface area contributed by atoms with Crippen LogP contribution in [0.1, 0.15) is 39.9 Å². The van der Waals surface area contributed by atoms with Crippen LogP contribution in [0, 0.1) is 5.82 Å². The van der Waals surface area contributed by atoms with Crippen LogP contribution in [0.3, 0.4) is 0 Å². The molecular formula is C27H27FN2O3. The number of amides is 2. The van der Waals surface area contributed by atoms with E-state index in [2.05, 4.69) is 17.4 Å². The van der Waals surface area contributed by atoms with E-state index in [-0.39, 0.29) is 24.2 Å². The summed E-state index contributed by atoms with van der Waals surface area (Å²) in [5.41, 5.74) is 3.76. The molecule has 1 N–H and O–H groups in total. The Labute approximate surface area is 193 Å². The van der Waals surface area contributed by atoms with Crippen molar-refractivity contribution in [2.45, 2.75) is 32.4 Å². The van der Waals surface area contributed by atoms with Gasteiger partial charge in [-0.3, -0.25) is 9.59 Å². The Morgan fingerprint density at radius 3 is 2.48 bits per heavy atom. The summed E-state index contributed by atoms with van der Waals surface area (Å²) in [4.78, 5) is 27.1. The molecule has 0 radical (unpaired) electrons. The molecule has 0 aromatic heterocycles. The summed E-state index contributed by atoms with van der Waals surface area (Å²) in [5, 5.41) is 2.88. The molecule has 1 heterocycles. The van der Waals surface area contributed by atoms with E-state index in [1.807, 2.05) is 17.0 Å². The fourth-order valence-electron chi connectivity index (χ4n) is 3.93. The van der Waals surface area contributed by atoms with Crippen LogP contribution in [-0.4, -0.2) is 29.8 Å². The topological polar surface area (TPSA) is 58.6 Å². The molecule has 4 rings (SSSR count). The highest BCUT2D eigenvalue weighted by Crippen LogP contribution is 2.21. The lowest BCUT2D eigenvalue weighted by Crippen LogP contribution is -2.36. The van der Waals surface area contributed by atoms with E-state index < -0.39 is 0 Å². The van der Waals surface area contributed by atoms with Crippen molar-refractivity contribution in [2.24, 2.45) is 0 Å². The molecule has 0 atom stereocenters.